The molecule has 1 aromatic heterocycles. The van der Waals surface area contributed by atoms with Crippen molar-refractivity contribution < 1.29 is 8.42 Å². The SMILES string of the molecule is CSCCCNS(=O)(=O)c1c[nH]c(CN)c1. The summed E-state index contributed by atoms with van der Waals surface area (Å²) >= 11 is 1.70. The van der Waals surface area contributed by atoms with Crippen LogP contribution >= 0.6 is 11.8 Å². The minimum Gasteiger partial charge on any atom is -0.363 e. The summed E-state index contributed by atoms with van der Waals surface area (Å²) in [5, 5.41) is 0. The number of nitrogens with two attached hydrogens (primary N) is 1. The Hall–Kier alpha value is -0.500. The van der Waals surface area contributed by atoms with Gasteiger partial charge in [-0.1, -0.05) is 0 Å². The molecule has 0 atom stereocenters. The average molecular weight is 263 g/mol. The second kappa shape index (κ2) is 6.29. The van der Waals surface area contributed by atoms with Gasteiger partial charge in [-0.25, -0.2) is 13.1 Å². The molecule has 16 heavy (non-hydrogen) atoms. The molecule has 0 radical (unpaired) electrons. The highest BCUT2D eigenvalue weighted by Crippen LogP contribution is 2.10. The number of sulfonamides is 1. The van der Waals surface area contributed by atoms with Gasteiger partial charge in [0.1, 0.15) is 0 Å². The number of nitrogens with one attached hydrogen (secondary N) is 2. The zero-order valence-corrected chi connectivity index (χ0v) is 10.8. The van der Waals surface area contributed by atoms with Crippen molar-refractivity contribution in [3.05, 3.63) is 18.0 Å². The molecule has 0 aliphatic carbocycles. The van der Waals surface area contributed by atoms with E-state index in [-0.39, 0.29) is 4.90 Å². The highest BCUT2D eigenvalue weighted by atomic mass is 32.2. The van der Waals surface area contributed by atoms with Crippen molar-refractivity contribution in [3.63, 3.8) is 0 Å². The van der Waals surface area contributed by atoms with Gasteiger partial charge in [-0.15, -0.1) is 0 Å². The predicted octanol–water partition coefficient (Wildman–Crippen LogP) is 0.505. The first-order chi connectivity index (χ1) is 7.60. The Morgan fingerprint density at radius 3 is 2.88 bits per heavy atom. The van der Waals surface area contributed by atoms with Crippen molar-refractivity contribution in [1.29, 1.82) is 0 Å². The lowest BCUT2D eigenvalue weighted by Crippen LogP contribution is -2.24. The highest BCUT2D eigenvalue weighted by molar-refractivity contribution is 7.98. The second-order valence-electron chi connectivity index (χ2n) is 3.31. The zero-order chi connectivity index (χ0) is 12.0. The van der Waals surface area contributed by atoms with Crippen LogP contribution in [0, 0.1) is 0 Å². The second-order valence-corrected chi connectivity index (χ2v) is 6.06. The number of thioether (sulfide) groups is 1. The monoisotopic (exact) mass is 263 g/mol. The van der Waals surface area contributed by atoms with Gasteiger partial charge in [0.05, 0.1) is 4.90 Å². The van der Waals surface area contributed by atoms with E-state index in [1.54, 1.807) is 17.8 Å². The van der Waals surface area contributed by atoms with Crippen molar-refractivity contribution in [2.24, 2.45) is 5.73 Å². The third-order valence-electron chi connectivity index (χ3n) is 2.06. The van der Waals surface area contributed by atoms with E-state index in [1.165, 1.54) is 6.20 Å². The Labute approximate surface area is 100 Å². The summed E-state index contributed by atoms with van der Waals surface area (Å²) in [6.45, 7) is 0.772. The predicted molar refractivity (Wildman–Crippen MR) is 66.9 cm³/mol. The molecular formula is C9H17N3O2S2. The van der Waals surface area contributed by atoms with Crippen LogP contribution in [0.25, 0.3) is 0 Å². The van der Waals surface area contributed by atoms with Crippen LogP contribution in [0.4, 0.5) is 0 Å². The minimum atomic E-state index is -3.38. The maximum absolute atomic E-state index is 11.7. The Morgan fingerprint density at radius 2 is 2.31 bits per heavy atom. The quantitative estimate of drug-likeness (QED) is 0.625. The fourth-order valence-corrected chi connectivity index (χ4v) is 2.72. The molecule has 0 bridgehead atoms. The third kappa shape index (κ3) is 3.82. The largest absolute Gasteiger partial charge is 0.363 e. The van der Waals surface area contributed by atoms with Crippen molar-refractivity contribution in [1.82, 2.24) is 9.71 Å². The van der Waals surface area contributed by atoms with E-state index in [1.807, 2.05) is 6.26 Å². The summed E-state index contributed by atoms with van der Waals surface area (Å²) in [6.07, 6.45) is 4.28. The van der Waals surface area contributed by atoms with E-state index in [0.717, 1.165) is 12.2 Å². The van der Waals surface area contributed by atoms with Crippen LogP contribution in [-0.2, 0) is 16.6 Å². The first-order valence-corrected chi connectivity index (χ1v) is 7.84. The van der Waals surface area contributed by atoms with E-state index >= 15 is 0 Å². The molecule has 0 spiro atoms. The normalized spacial score (nSPS) is 11.9. The van der Waals surface area contributed by atoms with Gasteiger partial charge < -0.3 is 10.7 Å². The van der Waals surface area contributed by atoms with Gasteiger partial charge in [0.2, 0.25) is 10.0 Å². The molecule has 0 saturated heterocycles. The molecule has 1 aromatic rings. The standard InChI is InChI=1S/C9H17N3O2S2/c1-15-4-2-3-12-16(13,14)9-5-8(6-10)11-7-9/h5,7,11-12H,2-4,6,10H2,1H3. The van der Waals surface area contributed by atoms with Gasteiger partial charge in [-0.05, 0) is 24.5 Å². The maximum Gasteiger partial charge on any atom is 0.242 e. The number of H-pyrrole nitrogens is 1. The molecule has 1 rings (SSSR count). The summed E-state index contributed by atoms with van der Waals surface area (Å²) < 4.78 is 26.0. The van der Waals surface area contributed by atoms with Gasteiger partial charge in [-0.3, -0.25) is 0 Å². The summed E-state index contributed by atoms with van der Waals surface area (Å²) in [4.78, 5) is 3.06. The van der Waals surface area contributed by atoms with Crippen LogP contribution < -0.4 is 10.5 Å². The van der Waals surface area contributed by atoms with Crippen molar-refractivity contribution in [2.45, 2.75) is 17.9 Å². The van der Waals surface area contributed by atoms with Crippen LogP contribution in [0.1, 0.15) is 12.1 Å². The molecule has 4 N–H and O–H groups in total. The van der Waals surface area contributed by atoms with Crippen LogP contribution in [0.15, 0.2) is 17.2 Å². The summed E-state index contributed by atoms with van der Waals surface area (Å²) in [5.74, 6) is 0.948. The van der Waals surface area contributed by atoms with Gasteiger partial charge in [0, 0.05) is 25.0 Å². The molecule has 0 amide bonds. The number of aromatic nitrogens is 1. The smallest absolute Gasteiger partial charge is 0.242 e. The lowest BCUT2D eigenvalue weighted by molar-refractivity contribution is 0.581. The summed E-state index contributed by atoms with van der Waals surface area (Å²) in [6, 6.07) is 1.55. The maximum atomic E-state index is 11.7. The lowest BCUT2D eigenvalue weighted by Gasteiger charge is -2.03. The minimum absolute atomic E-state index is 0.247. The first-order valence-electron chi connectivity index (χ1n) is 4.96. The number of hydrogen-bond donors (Lipinski definition) is 3. The number of rotatable bonds is 7. The molecule has 1 heterocycles. The van der Waals surface area contributed by atoms with E-state index in [2.05, 4.69) is 9.71 Å². The third-order valence-corrected chi connectivity index (χ3v) is 4.20. The van der Waals surface area contributed by atoms with Crippen molar-refractivity contribution in [2.75, 3.05) is 18.6 Å². The Morgan fingerprint density at radius 1 is 1.56 bits per heavy atom. The van der Waals surface area contributed by atoms with Crippen LogP contribution in [0.3, 0.4) is 0 Å². The summed E-state index contributed by atoms with van der Waals surface area (Å²) in [5.41, 5.74) is 6.11. The van der Waals surface area contributed by atoms with E-state index < -0.39 is 10.0 Å². The van der Waals surface area contributed by atoms with Gasteiger partial charge >= 0.3 is 0 Å². The fraction of sp³-hybridized carbons (Fsp3) is 0.556. The van der Waals surface area contributed by atoms with Gasteiger partial charge in [0.15, 0.2) is 0 Å². The topological polar surface area (TPSA) is 88.0 Å². The van der Waals surface area contributed by atoms with E-state index in [0.29, 0.717) is 18.8 Å². The molecule has 0 aromatic carbocycles. The average Bonchev–Trinajstić information content (AvgIpc) is 2.73. The van der Waals surface area contributed by atoms with Gasteiger partial charge in [0.25, 0.3) is 0 Å². The van der Waals surface area contributed by atoms with Gasteiger partial charge in [-0.2, -0.15) is 11.8 Å². The fourth-order valence-electron chi connectivity index (χ4n) is 1.20. The molecular weight excluding hydrogens is 246 g/mol. The number of hydrogen-bond acceptors (Lipinski definition) is 4. The molecule has 0 unspecified atom stereocenters. The molecule has 0 aliphatic heterocycles. The molecule has 0 saturated carbocycles. The molecule has 0 fully saturated rings. The van der Waals surface area contributed by atoms with Crippen molar-refractivity contribution >= 4 is 21.8 Å². The summed E-state index contributed by atoms with van der Waals surface area (Å²) in [7, 11) is -3.38. The molecule has 92 valence electrons. The highest BCUT2D eigenvalue weighted by Gasteiger charge is 2.14. The Bertz CT molecular complexity index is 414. The zero-order valence-electron chi connectivity index (χ0n) is 9.19. The first kappa shape index (κ1) is 13.6. The van der Waals surface area contributed by atoms with Crippen LogP contribution in [0.2, 0.25) is 0 Å². The molecule has 0 aliphatic rings. The van der Waals surface area contributed by atoms with E-state index in [4.69, 9.17) is 5.73 Å². The molecule has 7 heteroatoms. The lowest BCUT2D eigenvalue weighted by atomic mass is 10.4. The van der Waals surface area contributed by atoms with Crippen LogP contribution in [-0.4, -0.2) is 32.0 Å². The number of aromatic amines is 1. The molecule has 5 nitrogen and oxygen atoms in total. The Kier molecular flexibility index (Phi) is 5.33. The van der Waals surface area contributed by atoms with Crippen LogP contribution in [0.5, 0.6) is 0 Å². The van der Waals surface area contributed by atoms with Crippen molar-refractivity contribution in [3.8, 4) is 0 Å². The Balaban J connectivity index is 2.56. The van der Waals surface area contributed by atoms with E-state index in [9.17, 15) is 8.42 Å².